The third kappa shape index (κ3) is 13.7. The van der Waals surface area contributed by atoms with Gasteiger partial charge in [-0.05, 0) is 31.6 Å². The van der Waals surface area contributed by atoms with Gasteiger partial charge in [0.15, 0.2) is 0 Å². The zero-order valence-electron chi connectivity index (χ0n) is 11.1. The van der Waals surface area contributed by atoms with Crippen molar-refractivity contribution in [2.45, 2.75) is 78.6 Å². The summed E-state index contributed by atoms with van der Waals surface area (Å²) in [4.78, 5) is 0. The fraction of sp³-hybridized carbons (Fsp3) is 0.867. The van der Waals surface area contributed by atoms with Crippen molar-refractivity contribution in [3.8, 4) is 0 Å². The topological polar surface area (TPSA) is 0 Å². The molecule has 0 aliphatic rings. The third-order valence-corrected chi connectivity index (χ3v) is 2.79. The molecule has 0 saturated heterocycles. The fourth-order valence-corrected chi connectivity index (χ4v) is 1.74. The first kappa shape index (κ1) is 14.7. The summed E-state index contributed by atoms with van der Waals surface area (Å²) in [6, 6.07) is 0. The highest BCUT2D eigenvalue weighted by atomic mass is 14.0. The second-order valence-corrected chi connectivity index (χ2v) is 5.00. The van der Waals surface area contributed by atoms with Crippen LogP contribution in [0, 0.1) is 5.92 Å². The molecule has 0 fully saturated rings. The number of rotatable bonds is 10. The Morgan fingerprint density at radius 1 is 0.800 bits per heavy atom. The molecule has 0 aromatic rings. The van der Waals surface area contributed by atoms with E-state index in [1.807, 2.05) is 0 Å². The molecule has 0 radical (unpaired) electrons. The molecule has 0 aromatic carbocycles. The molecule has 0 saturated carbocycles. The van der Waals surface area contributed by atoms with E-state index in [0.717, 1.165) is 5.92 Å². The van der Waals surface area contributed by atoms with Crippen LogP contribution < -0.4 is 0 Å². The lowest BCUT2D eigenvalue weighted by Gasteiger charge is -2.01. The van der Waals surface area contributed by atoms with E-state index in [1.165, 1.54) is 57.8 Å². The van der Waals surface area contributed by atoms with Gasteiger partial charge in [-0.1, -0.05) is 65.0 Å². The molecule has 0 heterocycles. The molecule has 0 heteroatoms. The summed E-state index contributed by atoms with van der Waals surface area (Å²) < 4.78 is 0. The monoisotopic (exact) mass is 210 g/mol. The van der Waals surface area contributed by atoms with Crippen molar-refractivity contribution in [1.82, 2.24) is 0 Å². The average Bonchev–Trinajstić information content (AvgIpc) is 2.20. The third-order valence-electron chi connectivity index (χ3n) is 2.79. The summed E-state index contributed by atoms with van der Waals surface area (Å²) >= 11 is 0. The van der Waals surface area contributed by atoms with Crippen molar-refractivity contribution in [3.05, 3.63) is 12.2 Å². The van der Waals surface area contributed by atoms with Crippen molar-refractivity contribution in [2.24, 2.45) is 5.92 Å². The SMILES string of the molecule is CCCCCCC=CCCCCC(C)C. The van der Waals surface area contributed by atoms with Crippen LogP contribution in [0.1, 0.15) is 78.6 Å². The van der Waals surface area contributed by atoms with Gasteiger partial charge in [0.2, 0.25) is 0 Å². The zero-order chi connectivity index (χ0) is 11.4. The Bertz CT molecular complexity index is 133. The molecule has 0 aromatic heterocycles. The smallest absolute Gasteiger partial charge is 0.0351 e. The lowest BCUT2D eigenvalue weighted by Crippen LogP contribution is -1.85. The quantitative estimate of drug-likeness (QED) is 0.319. The number of hydrogen-bond donors (Lipinski definition) is 0. The fourth-order valence-electron chi connectivity index (χ4n) is 1.74. The highest BCUT2D eigenvalue weighted by molar-refractivity contribution is 4.81. The Kier molecular flexibility index (Phi) is 11.6. The minimum atomic E-state index is 0.878. The molecule has 0 amide bonds. The lowest BCUT2D eigenvalue weighted by molar-refractivity contribution is 0.540. The second kappa shape index (κ2) is 11.8. The van der Waals surface area contributed by atoms with Crippen LogP contribution in [-0.2, 0) is 0 Å². The van der Waals surface area contributed by atoms with Gasteiger partial charge in [-0.15, -0.1) is 0 Å². The van der Waals surface area contributed by atoms with Gasteiger partial charge in [0.25, 0.3) is 0 Å². The maximum absolute atomic E-state index is 2.38. The Morgan fingerprint density at radius 3 is 1.93 bits per heavy atom. The highest BCUT2D eigenvalue weighted by Gasteiger charge is 1.92. The van der Waals surface area contributed by atoms with Gasteiger partial charge in [-0.2, -0.15) is 0 Å². The van der Waals surface area contributed by atoms with Gasteiger partial charge in [0.05, 0.1) is 0 Å². The predicted octanol–water partition coefficient (Wildman–Crippen LogP) is 5.73. The molecule has 90 valence electrons. The van der Waals surface area contributed by atoms with Crippen LogP contribution in [0.4, 0.5) is 0 Å². The Morgan fingerprint density at radius 2 is 1.40 bits per heavy atom. The summed E-state index contributed by atoms with van der Waals surface area (Å²) in [6.45, 7) is 6.89. The number of hydrogen-bond acceptors (Lipinski definition) is 0. The van der Waals surface area contributed by atoms with Gasteiger partial charge in [-0.25, -0.2) is 0 Å². The zero-order valence-corrected chi connectivity index (χ0v) is 11.1. The normalized spacial score (nSPS) is 11.7. The van der Waals surface area contributed by atoms with E-state index >= 15 is 0 Å². The summed E-state index contributed by atoms with van der Waals surface area (Å²) in [5.74, 6) is 0.878. The minimum absolute atomic E-state index is 0.878. The van der Waals surface area contributed by atoms with E-state index in [4.69, 9.17) is 0 Å². The van der Waals surface area contributed by atoms with Crippen molar-refractivity contribution in [3.63, 3.8) is 0 Å². The highest BCUT2D eigenvalue weighted by Crippen LogP contribution is 2.09. The van der Waals surface area contributed by atoms with Gasteiger partial charge in [-0.3, -0.25) is 0 Å². The summed E-state index contributed by atoms with van der Waals surface area (Å²) in [6.07, 6.45) is 17.1. The van der Waals surface area contributed by atoms with E-state index in [9.17, 15) is 0 Å². The molecule has 0 aliphatic heterocycles. The Hall–Kier alpha value is -0.260. The largest absolute Gasteiger partial charge is 0.0885 e. The maximum Gasteiger partial charge on any atom is -0.0351 e. The van der Waals surface area contributed by atoms with Gasteiger partial charge in [0, 0.05) is 0 Å². The molecule has 0 aliphatic carbocycles. The van der Waals surface area contributed by atoms with Crippen LogP contribution in [0.2, 0.25) is 0 Å². The summed E-state index contributed by atoms with van der Waals surface area (Å²) in [5.41, 5.74) is 0. The molecule has 0 spiro atoms. The molecule has 15 heavy (non-hydrogen) atoms. The molecule has 0 bridgehead atoms. The molecule has 0 N–H and O–H groups in total. The standard InChI is InChI=1S/C15H30/c1-4-5-6-7-8-9-10-11-12-13-14-15(2)3/h9-10,15H,4-8,11-14H2,1-3H3. The van der Waals surface area contributed by atoms with Crippen LogP contribution >= 0.6 is 0 Å². The van der Waals surface area contributed by atoms with Crippen molar-refractivity contribution >= 4 is 0 Å². The van der Waals surface area contributed by atoms with Crippen molar-refractivity contribution < 1.29 is 0 Å². The second-order valence-electron chi connectivity index (χ2n) is 5.00. The predicted molar refractivity (Wildman–Crippen MR) is 71.2 cm³/mol. The Balaban J connectivity index is 3.04. The van der Waals surface area contributed by atoms with Crippen LogP contribution in [0.3, 0.4) is 0 Å². The molecule has 0 rings (SSSR count). The van der Waals surface area contributed by atoms with E-state index in [1.54, 1.807) is 0 Å². The van der Waals surface area contributed by atoms with Crippen LogP contribution in [-0.4, -0.2) is 0 Å². The van der Waals surface area contributed by atoms with Crippen LogP contribution in [0.5, 0.6) is 0 Å². The molecular weight excluding hydrogens is 180 g/mol. The maximum atomic E-state index is 2.38. The van der Waals surface area contributed by atoms with E-state index in [-0.39, 0.29) is 0 Å². The van der Waals surface area contributed by atoms with E-state index in [0.29, 0.717) is 0 Å². The summed E-state index contributed by atoms with van der Waals surface area (Å²) in [5, 5.41) is 0. The lowest BCUT2D eigenvalue weighted by atomic mass is 10.1. The van der Waals surface area contributed by atoms with Gasteiger partial charge >= 0.3 is 0 Å². The van der Waals surface area contributed by atoms with Crippen molar-refractivity contribution in [2.75, 3.05) is 0 Å². The molecule has 0 atom stereocenters. The average molecular weight is 210 g/mol. The molecular formula is C15H30. The Labute approximate surface area is 97.2 Å². The summed E-state index contributed by atoms with van der Waals surface area (Å²) in [7, 11) is 0. The van der Waals surface area contributed by atoms with E-state index in [2.05, 4.69) is 32.9 Å². The first-order chi connectivity index (χ1) is 7.27. The molecule has 0 unspecified atom stereocenters. The van der Waals surface area contributed by atoms with Gasteiger partial charge in [0.1, 0.15) is 0 Å². The van der Waals surface area contributed by atoms with Crippen molar-refractivity contribution in [1.29, 1.82) is 0 Å². The van der Waals surface area contributed by atoms with Crippen LogP contribution in [0.25, 0.3) is 0 Å². The van der Waals surface area contributed by atoms with E-state index < -0.39 is 0 Å². The first-order valence-electron chi connectivity index (χ1n) is 6.92. The minimum Gasteiger partial charge on any atom is -0.0885 e. The number of unbranched alkanes of at least 4 members (excludes halogenated alkanes) is 6. The van der Waals surface area contributed by atoms with Crippen LogP contribution in [0.15, 0.2) is 12.2 Å². The molecule has 0 nitrogen and oxygen atoms in total. The number of allylic oxidation sites excluding steroid dienone is 2. The first-order valence-corrected chi connectivity index (χ1v) is 6.92. The van der Waals surface area contributed by atoms with Gasteiger partial charge < -0.3 is 0 Å².